The number of aryl methyl sites for hydroxylation is 2. The summed E-state index contributed by atoms with van der Waals surface area (Å²) in [6.07, 6.45) is 2.34. The fourth-order valence-electron chi connectivity index (χ4n) is 3.79. The van der Waals surface area contributed by atoms with Crippen LogP contribution < -0.4 is 21.5 Å². The van der Waals surface area contributed by atoms with Crippen LogP contribution in [0.4, 0.5) is 5.82 Å². The molecule has 0 unspecified atom stereocenters. The molecule has 1 aliphatic heterocycles. The lowest BCUT2D eigenvalue weighted by Gasteiger charge is -2.34. The fraction of sp³-hybridized carbons (Fsp3) is 0.476. The van der Waals surface area contributed by atoms with Crippen molar-refractivity contribution in [2.24, 2.45) is 7.05 Å². The van der Waals surface area contributed by atoms with E-state index in [0.717, 1.165) is 44.1 Å². The monoisotopic (exact) mass is 440 g/mol. The van der Waals surface area contributed by atoms with E-state index in [4.69, 9.17) is 0 Å². The largest absolute Gasteiger partial charge is 0.354 e. The number of nitrogens with one attached hydrogen (secondary N) is 3. The third kappa shape index (κ3) is 4.72. The topological polar surface area (TPSA) is 132 Å². The van der Waals surface area contributed by atoms with Gasteiger partial charge in [-0.1, -0.05) is 13.0 Å². The van der Waals surface area contributed by atoms with Gasteiger partial charge in [-0.2, -0.15) is 0 Å². The van der Waals surface area contributed by atoms with Gasteiger partial charge in [0.05, 0.1) is 0 Å². The third-order valence-electron chi connectivity index (χ3n) is 5.83. The minimum absolute atomic E-state index is 0.131. The number of fused-ring (bicyclic) bond motifs is 1. The number of nitrogens with zero attached hydrogens (tertiary/aromatic N) is 5. The Morgan fingerprint density at radius 3 is 2.62 bits per heavy atom. The SMILES string of the molecule is CCN1CCN(c2ccc(CNC(=O)CCc3nc4c([nH]3)c(=O)[nH]c(=O)n4C)cn2)CC1. The number of anilines is 1. The van der Waals surface area contributed by atoms with Crippen molar-refractivity contribution < 1.29 is 4.79 Å². The van der Waals surface area contributed by atoms with E-state index >= 15 is 0 Å². The van der Waals surface area contributed by atoms with Crippen LogP contribution in [0.3, 0.4) is 0 Å². The highest BCUT2D eigenvalue weighted by Gasteiger charge is 2.16. The molecule has 0 atom stereocenters. The lowest BCUT2D eigenvalue weighted by atomic mass is 10.2. The minimum atomic E-state index is -0.527. The molecule has 1 aliphatic rings. The van der Waals surface area contributed by atoms with Crippen LogP contribution in [-0.4, -0.2) is 68.0 Å². The number of hydrogen-bond acceptors (Lipinski definition) is 7. The van der Waals surface area contributed by atoms with Crippen molar-refractivity contribution in [2.75, 3.05) is 37.6 Å². The second kappa shape index (κ2) is 9.35. The zero-order chi connectivity index (χ0) is 22.7. The zero-order valence-electron chi connectivity index (χ0n) is 18.3. The van der Waals surface area contributed by atoms with Gasteiger partial charge < -0.3 is 20.1 Å². The van der Waals surface area contributed by atoms with Crippen molar-refractivity contribution in [2.45, 2.75) is 26.3 Å². The first-order valence-corrected chi connectivity index (χ1v) is 10.8. The van der Waals surface area contributed by atoms with Crippen molar-refractivity contribution in [1.82, 2.24) is 34.7 Å². The molecule has 1 saturated heterocycles. The predicted octanol–water partition coefficient (Wildman–Crippen LogP) is -0.264. The van der Waals surface area contributed by atoms with Crippen LogP contribution in [0.5, 0.6) is 0 Å². The molecule has 1 amide bonds. The van der Waals surface area contributed by atoms with Crippen LogP contribution in [0.15, 0.2) is 27.9 Å². The molecule has 11 heteroatoms. The fourth-order valence-corrected chi connectivity index (χ4v) is 3.79. The standard InChI is InChI=1S/C21H28N8O3/c1-3-28-8-10-29(11-9-28)16-6-4-14(12-22-16)13-23-17(30)7-5-15-24-18-19(25-15)27(2)21(32)26-20(18)31/h4,6,12H,3,5,7-11,13H2,1-2H3,(H,23,30)(H,24,25)(H,26,31,32). The molecule has 3 aromatic heterocycles. The van der Waals surface area contributed by atoms with Crippen molar-refractivity contribution in [3.63, 3.8) is 0 Å². The Balaban J connectivity index is 1.28. The number of aromatic nitrogens is 5. The number of pyridine rings is 1. The van der Waals surface area contributed by atoms with Gasteiger partial charge in [0.25, 0.3) is 5.56 Å². The van der Waals surface area contributed by atoms with Crippen LogP contribution in [-0.2, 0) is 24.8 Å². The molecule has 0 spiro atoms. The van der Waals surface area contributed by atoms with Crippen molar-refractivity contribution in [3.05, 3.63) is 50.6 Å². The Morgan fingerprint density at radius 1 is 1.16 bits per heavy atom. The number of carbonyl (C=O) groups excluding carboxylic acids is 1. The summed E-state index contributed by atoms with van der Waals surface area (Å²) in [5.74, 6) is 1.31. The van der Waals surface area contributed by atoms with Crippen molar-refractivity contribution in [3.8, 4) is 0 Å². The lowest BCUT2D eigenvalue weighted by molar-refractivity contribution is -0.121. The Morgan fingerprint density at radius 2 is 1.94 bits per heavy atom. The molecule has 11 nitrogen and oxygen atoms in total. The lowest BCUT2D eigenvalue weighted by Crippen LogP contribution is -2.46. The van der Waals surface area contributed by atoms with E-state index in [1.807, 2.05) is 12.1 Å². The van der Waals surface area contributed by atoms with E-state index in [1.165, 1.54) is 11.6 Å². The van der Waals surface area contributed by atoms with E-state index in [0.29, 0.717) is 18.8 Å². The number of H-pyrrole nitrogens is 2. The van der Waals surface area contributed by atoms with Gasteiger partial charge in [0.15, 0.2) is 5.65 Å². The van der Waals surface area contributed by atoms with Gasteiger partial charge in [-0.15, -0.1) is 0 Å². The van der Waals surface area contributed by atoms with Gasteiger partial charge in [-0.05, 0) is 18.2 Å². The highest BCUT2D eigenvalue weighted by molar-refractivity contribution is 5.76. The Labute approximate surface area is 184 Å². The van der Waals surface area contributed by atoms with Crippen LogP contribution in [0.2, 0.25) is 0 Å². The van der Waals surface area contributed by atoms with E-state index in [9.17, 15) is 14.4 Å². The number of imidazole rings is 1. The number of aromatic amines is 2. The molecule has 0 radical (unpaired) electrons. The molecule has 170 valence electrons. The van der Waals surface area contributed by atoms with Gasteiger partial charge in [-0.25, -0.2) is 14.8 Å². The summed E-state index contributed by atoms with van der Waals surface area (Å²) >= 11 is 0. The molecule has 32 heavy (non-hydrogen) atoms. The van der Waals surface area contributed by atoms with Gasteiger partial charge >= 0.3 is 5.69 Å². The highest BCUT2D eigenvalue weighted by atomic mass is 16.2. The van der Waals surface area contributed by atoms with Gasteiger partial charge in [-0.3, -0.25) is 19.1 Å². The molecule has 1 fully saturated rings. The number of amides is 1. The molecule has 3 aromatic rings. The first-order valence-electron chi connectivity index (χ1n) is 10.8. The summed E-state index contributed by atoms with van der Waals surface area (Å²) in [4.78, 5) is 54.5. The van der Waals surface area contributed by atoms with Gasteiger partial charge in [0, 0.05) is 58.8 Å². The summed E-state index contributed by atoms with van der Waals surface area (Å²) in [5.41, 5.74) is 0.386. The molecule has 4 rings (SSSR count). The maximum Gasteiger partial charge on any atom is 0.329 e. The summed E-state index contributed by atoms with van der Waals surface area (Å²) in [6.45, 7) is 7.69. The second-order valence-electron chi connectivity index (χ2n) is 7.92. The molecule has 3 N–H and O–H groups in total. The Hall–Kier alpha value is -3.47. The van der Waals surface area contributed by atoms with Crippen molar-refractivity contribution >= 4 is 22.9 Å². The van der Waals surface area contributed by atoms with Gasteiger partial charge in [0.1, 0.15) is 17.2 Å². The highest BCUT2D eigenvalue weighted by Crippen LogP contribution is 2.14. The second-order valence-corrected chi connectivity index (χ2v) is 7.92. The maximum atomic E-state index is 12.3. The van der Waals surface area contributed by atoms with Gasteiger partial charge in [0.2, 0.25) is 5.91 Å². The number of likely N-dealkylation sites (N-methyl/N-ethyl adjacent to an activating group) is 1. The number of hydrogen-bond donors (Lipinski definition) is 3. The smallest absolute Gasteiger partial charge is 0.329 e. The van der Waals surface area contributed by atoms with Crippen LogP contribution >= 0.6 is 0 Å². The molecular weight excluding hydrogens is 412 g/mol. The van der Waals surface area contributed by atoms with Crippen LogP contribution in [0, 0.1) is 0 Å². The first-order chi connectivity index (χ1) is 15.4. The van der Waals surface area contributed by atoms with E-state index in [-0.39, 0.29) is 23.5 Å². The van der Waals surface area contributed by atoms with Crippen LogP contribution in [0.1, 0.15) is 24.7 Å². The van der Waals surface area contributed by atoms with E-state index in [2.05, 4.69) is 42.0 Å². The Bertz CT molecular complexity index is 1200. The third-order valence-corrected chi connectivity index (χ3v) is 5.83. The minimum Gasteiger partial charge on any atom is -0.354 e. The van der Waals surface area contributed by atoms with Crippen LogP contribution in [0.25, 0.3) is 11.2 Å². The molecule has 0 bridgehead atoms. The number of rotatable bonds is 7. The maximum absolute atomic E-state index is 12.3. The number of carbonyl (C=O) groups is 1. The predicted molar refractivity (Wildman–Crippen MR) is 121 cm³/mol. The van der Waals surface area contributed by atoms with Crippen molar-refractivity contribution in [1.29, 1.82) is 0 Å². The average molecular weight is 441 g/mol. The molecule has 0 aliphatic carbocycles. The summed E-state index contributed by atoms with van der Waals surface area (Å²) < 4.78 is 1.26. The summed E-state index contributed by atoms with van der Waals surface area (Å²) in [5, 5.41) is 2.88. The molecule has 4 heterocycles. The Kier molecular flexibility index (Phi) is 6.35. The molecular formula is C21H28N8O3. The first kappa shape index (κ1) is 21.8. The molecule has 0 aromatic carbocycles. The van der Waals surface area contributed by atoms with E-state index < -0.39 is 11.2 Å². The van der Waals surface area contributed by atoms with E-state index in [1.54, 1.807) is 6.20 Å². The quantitative estimate of drug-likeness (QED) is 0.461. The average Bonchev–Trinajstić information content (AvgIpc) is 3.26. The summed E-state index contributed by atoms with van der Waals surface area (Å²) in [6, 6.07) is 3.99. The summed E-state index contributed by atoms with van der Waals surface area (Å²) in [7, 11) is 1.53. The number of piperazine rings is 1. The molecule has 0 saturated carbocycles. The normalized spacial score (nSPS) is 14.8. The zero-order valence-corrected chi connectivity index (χ0v) is 18.3.